The average molecular weight is 388 g/mol. The Kier molecular flexibility index (Phi) is 5.30. The first kappa shape index (κ1) is 19.3. The number of alkyl halides is 3. The summed E-state index contributed by atoms with van der Waals surface area (Å²) in [5.74, 6) is -1.03. The molecular formula is C20H15F3N2O3. The Morgan fingerprint density at radius 1 is 1.04 bits per heavy atom. The Labute approximate surface area is 158 Å². The summed E-state index contributed by atoms with van der Waals surface area (Å²) < 4.78 is 44.2. The molecule has 0 saturated heterocycles. The number of carbonyl (C=O) groups is 2. The highest BCUT2D eigenvalue weighted by Gasteiger charge is 2.32. The number of fused-ring (bicyclic) bond motifs is 1. The first-order chi connectivity index (χ1) is 13.3. The lowest BCUT2D eigenvalue weighted by molar-refractivity contribution is -0.140. The van der Waals surface area contributed by atoms with Gasteiger partial charge in [0, 0.05) is 17.3 Å². The molecule has 0 atom stereocenters. The highest BCUT2D eigenvalue weighted by Crippen LogP contribution is 2.35. The van der Waals surface area contributed by atoms with Crippen LogP contribution in [0.15, 0.2) is 54.7 Å². The number of rotatable bonds is 4. The fraction of sp³-hybridized carbons (Fsp3) is 0.150. The average Bonchev–Trinajstić information content (AvgIpc) is 2.67. The third-order valence-corrected chi connectivity index (χ3v) is 4.11. The second-order valence-electron chi connectivity index (χ2n) is 5.96. The van der Waals surface area contributed by atoms with Crippen LogP contribution >= 0.6 is 0 Å². The van der Waals surface area contributed by atoms with Crippen molar-refractivity contribution in [1.29, 1.82) is 0 Å². The number of anilines is 1. The van der Waals surface area contributed by atoms with Gasteiger partial charge < -0.3 is 10.1 Å². The first-order valence-electron chi connectivity index (χ1n) is 8.21. The molecule has 1 heterocycles. The lowest BCUT2D eigenvalue weighted by Gasteiger charge is -2.12. The third kappa shape index (κ3) is 4.11. The number of benzene rings is 2. The van der Waals surface area contributed by atoms with E-state index in [1.165, 1.54) is 31.5 Å². The molecule has 0 aliphatic carbocycles. The van der Waals surface area contributed by atoms with Crippen molar-refractivity contribution in [3.05, 3.63) is 71.5 Å². The van der Waals surface area contributed by atoms with Crippen LogP contribution in [0.2, 0.25) is 0 Å². The molecule has 0 unspecified atom stereocenters. The number of aromatic nitrogens is 1. The smallest absolute Gasteiger partial charge is 0.417 e. The molecular weight excluding hydrogens is 373 g/mol. The first-order valence-corrected chi connectivity index (χ1v) is 8.21. The van der Waals surface area contributed by atoms with Crippen molar-refractivity contribution in [2.24, 2.45) is 0 Å². The highest BCUT2D eigenvalue weighted by atomic mass is 19.4. The van der Waals surface area contributed by atoms with Crippen LogP contribution in [0.4, 0.5) is 18.9 Å². The fourth-order valence-electron chi connectivity index (χ4n) is 2.77. The zero-order chi connectivity index (χ0) is 20.3. The van der Waals surface area contributed by atoms with Crippen LogP contribution in [-0.2, 0) is 22.1 Å². The second-order valence-corrected chi connectivity index (χ2v) is 5.96. The molecule has 3 rings (SSSR count). The van der Waals surface area contributed by atoms with E-state index in [-0.39, 0.29) is 22.9 Å². The van der Waals surface area contributed by atoms with Crippen molar-refractivity contribution in [3.8, 4) is 0 Å². The van der Waals surface area contributed by atoms with Gasteiger partial charge in [0.05, 0.1) is 19.1 Å². The molecule has 8 heteroatoms. The van der Waals surface area contributed by atoms with Crippen LogP contribution in [0.5, 0.6) is 0 Å². The monoisotopic (exact) mass is 388 g/mol. The van der Waals surface area contributed by atoms with Gasteiger partial charge in [0.2, 0.25) is 0 Å². The maximum atomic E-state index is 13.2. The number of pyridine rings is 1. The molecule has 3 aromatic rings. The van der Waals surface area contributed by atoms with Crippen LogP contribution in [0.25, 0.3) is 10.8 Å². The van der Waals surface area contributed by atoms with Gasteiger partial charge in [0.15, 0.2) is 0 Å². The molecule has 1 aromatic heterocycles. The number of halogens is 3. The molecule has 1 N–H and O–H groups in total. The minimum Gasteiger partial charge on any atom is -0.469 e. The molecule has 1 amide bonds. The minimum atomic E-state index is -4.54. The molecule has 5 nitrogen and oxygen atoms in total. The fourth-order valence-corrected chi connectivity index (χ4v) is 2.77. The van der Waals surface area contributed by atoms with E-state index in [1.807, 2.05) is 0 Å². The number of ether oxygens (including phenoxy) is 1. The Bertz CT molecular complexity index is 1030. The van der Waals surface area contributed by atoms with E-state index < -0.39 is 23.6 Å². The SMILES string of the molecule is COC(=O)Cc1ccc(NC(=O)c2nccc3c(C(F)(F)F)cccc23)cc1. The second kappa shape index (κ2) is 7.67. The maximum absolute atomic E-state index is 13.2. The van der Waals surface area contributed by atoms with Gasteiger partial charge in [0.1, 0.15) is 5.69 Å². The summed E-state index contributed by atoms with van der Waals surface area (Å²) in [5.41, 5.74) is 0.184. The van der Waals surface area contributed by atoms with Crippen LogP contribution in [0.3, 0.4) is 0 Å². The zero-order valence-corrected chi connectivity index (χ0v) is 14.7. The summed E-state index contributed by atoms with van der Waals surface area (Å²) in [6, 6.07) is 11.3. The van der Waals surface area contributed by atoms with Gasteiger partial charge in [-0.15, -0.1) is 0 Å². The minimum absolute atomic E-state index is 0.0931. The molecule has 0 radical (unpaired) electrons. The quantitative estimate of drug-likeness (QED) is 0.680. The number of amides is 1. The lowest BCUT2D eigenvalue weighted by atomic mass is 10.0. The Morgan fingerprint density at radius 3 is 2.39 bits per heavy atom. The molecule has 144 valence electrons. The predicted octanol–water partition coefficient (Wildman–Crippen LogP) is 4.22. The van der Waals surface area contributed by atoms with E-state index >= 15 is 0 Å². The van der Waals surface area contributed by atoms with Crippen molar-refractivity contribution < 1.29 is 27.5 Å². The summed E-state index contributed by atoms with van der Waals surface area (Å²) in [4.78, 5) is 27.8. The van der Waals surface area contributed by atoms with Gasteiger partial charge in [-0.3, -0.25) is 14.6 Å². The zero-order valence-electron chi connectivity index (χ0n) is 14.7. The predicted molar refractivity (Wildman–Crippen MR) is 96.9 cm³/mol. The number of carbonyl (C=O) groups excluding carboxylic acids is 2. The summed E-state index contributed by atoms with van der Waals surface area (Å²) >= 11 is 0. The van der Waals surface area contributed by atoms with Gasteiger partial charge in [-0.2, -0.15) is 13.2 Å². The Balaban J connectivity index is 1.87. The normalized spacial score (nSPS) is 11.3. The van der Waals surface area contributed by atoms with E-state index in [4.69, 9.17) is 0 Å². The van der Waals surface area contributed by atoms with E-state index in [2.05, 4.69) is 15.0 Å². The topological polar surface area (TPSA) is 68.3 Å². The standard InChI is InChI=1S/C20H15F3N2O3/c1-28-17(26)11-12-5-7-13(8-6-12)25-19(27)18-15-3-2-4-16(20(21,22)23)14(15)9-10-24-18/h2-10H,11H2,1H3,(H,25,27). The molecule has 0 aliphatic heterocycles. The number of nitrogens with one attached hydrogen (secondary N) is 1. The number of esters is 1. The van der Waals surface area contributed by atoms with Crippen molar-refractivity contribution >= 4 is 28.3 Å². The summed E-state index contributed by atoms with van der Waals surface area (Å²) in [5, 5.41) is 2.62. The number of hydrogen-bond acceptors (Lipinski definition) is 4. The largest absolute Gasteiger partial charge is 0.469 e. The molecule has 0 fully saturated rings. The van der Waals surface area contributed by atoms with Crippen LogP contribution < -0.4 is 5.32 Å². The molecule has 28 heavy (non-hydrogen) atoms. The van der Waals surface area contributed by atoms with E-state index in [9.17, 15) is 22.8 Å². The number of hydrogen-bond donors (Lipinski definition) is 1. The molecule has 0 bridgehead atoms. The van der Waals surface area contributed by atoms with Crippen molar-refractivity contribution in [2.45, 2.75) is 12.6 Å². The number of methoxy groups -OCH3 is 1. The van der Waals surface area contributed by atoms with Crippen LogP contribution in [-0.4, -0.2) is 24.0 Å². The van der Waals surface area contributed by atoms with Crippen molar-refractivity contribution in [3.63, 3.8) is 0 Å². The van der Waals surface area contributed by atoms with Gasteiger partial charge in [0.25, 0.3) is 5.91 Å². The van der Waals surface area contributed by atoms with E-state index in [0.29, 0.717) is 11.3 Å². The third-order valence-electron chi connectivity index (χ3n) is 4.11. The van der Waals surface area contributed by atoms with Gasteiger partial charge >= 0.3 is 12.1 Å². The van der Waals surface area contributed by atoms with Crippen LogP contribution in [0.1, 0.15) is 21.6 Å². The highest BCUT2D eigenvalue weighted by molar-refractivity contribution is 6.11. The van der Waals surface area contributed by atoms with Gasteiger partial charge in [-0.25, -0.2) is 0 Å². The van der Waals surface area contributed by atoms with Gasteiger partial charge in [-0.1, -0.05) is 24.3 Å². The Morgan fingerprint density at radius 2 is 1.75 bits per heavy atom. The molecule has 0 spiro atoms. The molecule has 0 saturated carbocycles. The van der Waals surface area contributed by atoms with Crippen molar-refractivity contribution in [1.82, 2.24) is 4.98 Å². The van der Waals surface area contributed by atoms with Crippen molar-refractivity contribution in [2.75, 3.05) is 12.4 Å². The lowest BCUT2D eigenvalue weighted by Crippen LogP contribution is -2.15. The van der Waals surface area contributed by atoms with Gasteiger partial charge in [-0.05, 0) is 35.2 Å². The van der Waals surface area contributed by atoms with E-state index in [0.717, 1.165) is 6.07 Å². The summed E-state index contributed by atoms with van der Waals surface area (Å²) in [6.45, 7) is 0. The Hall–Kier alpha value is -3.42. The maximum Gasteiger partial charge on any atom is 0.417 e. The summed E-state index contributed by atoms with van der Waals surface area (Å²) in [7, 11) is 1.29. The van der Waals surface area contributed by atoms with E-state index in [1.54, 1.807) is 24.3 Å². The summed E-state index contributed by atoms with van der Waals surface area (Å²) in [6.07, 6.45) is -3.27. The van der Waals surface area contributed by atoms with Crippen LogP contribution in [0, 0.1) is 0 Å². The number of nitrogens with zero attached hydrogens (tertiary/aromatic N) is 1. The molecule has 2 aromatic carbocycles. The molecule has 0 aliphatic rings.